The molecule has 1 aliphatic heterocycles. The lowest BCUT2D eigenvalue weighted by molar-refractivity contribution is -0.121. The summed E-state index contributed by atoms with van der Waals surface area (Å²) in [5.74, 6) is 1.13. The normalized spacial score (nSPS) is 15.4. The lowest BCUT2D eigenvalue weighted by Crippen LogP contribution is -2.37. The van der Waals surface area contributed by atoms with E-state index in [1.54, 1.807) is 24.3 Å². The van der Waals surface area contributed by atoms with Crippen molar-refractivity contribution in [2.75, 3.05) is 18.4 Å². The van der Waals surface area contributed by atoms with Gasteiger partial charge in [0.25, 0.3) is 0 Å². The first kappa shape index (κ1) is 18.2. The lowest BCUT2D eigenvalue weighted by atomic mass is 9.96. The zero-order valence-corrected chi connectivity index (χ0v) is 15.4. The number of rotatable bonds is 5. The molecule has 1 saturated heterocycles. The van der Waals surface area contributed by atoms with E-state index in [1.165, 1.54) is 0 Å². The van der Waals surface area contributed by atoms with E-state index in [2.05, 4.69) is 20.4 Å². The molecule has 2 heterocycles. The van der Waals surface area contributed by atoms with Crippen molar-refractivity contribution in [3.8, 4) is 17.1 Å². The summed E-state index contributed by atoms with van der Waals surface area (Å²) in [7, 11) is 0. The van der Waals surface area contributed by atoms with Crippen LogP contribution in [0.2, 0.25) is 0 Å². The van der Waals surface area contributed by atoms with Crippen LogP contribution in [-0.4, -0.2) is 39.1 Å². The summed E-state index contributed by atoms with van der Waals surface area (Å²) in [5.41, 5.74) is 1.38. The topological polar surface area (TPSA) is 91.5 Å². The average molecular weight is 378 g/mol. The molecule has 0 aliphatic carbocycles. The molecule has 0 unspecified atom stereocenters. The molecule has 7 nitrogen and oxygen atoms in total. The van der Waals surface area contributed by atoms with Crippen molar-refractivity contribution in [1.29, 1.82) is 0 Å². The van der Waals surface area contributed by atoms with E-state index in [0.717, 1.165) is 31.5 Å². The molecule has 0 bridgehead atoms. The summed E-state index contributed by atoms with van der Waals surface area (Å²) in [6.07, 6.45) is 1.50. The second kappa shape index (κ2) is 8.22. The van der Waals surface area contributed by atoms with E-state index in [9.17, 15) is 9.90 Å². The van der Waals surface area contributed by atoms with Gasteiger partial charge in [-0.25, -0.2) is 0 Å². The number of carbonyl (C=O) groups is 1. The SMILES string of the molecule is O=C(Nc1ccccc1O)C1CCN(Cc2nc(-c3ccccc3)no2)CC1. The predicted octanol–water partition coefficient (Wildman–Crippen LogP) is 3.29. The summed E-state index contributed by atoms with van der Waals surface area (Å²) in [6, 6.07) is 16.5. The predicted molar refractivity (Wildman–Crippen MR) is 104 cm³/mol. The first-order valence-electron chi connectivity index (χ1n) is 9.38. The Hall–Kier alpha value is -3.19. The number of hydrogen-bond donors (Lipinski definition) is 2. The monoisotopic (exact) mass is 378 g/mol. The lowest BCUT2D eigenvalue weighted by Gasteiger charge is -2.30. The first-order chi connectivity index (χ1) is 13.7. The minimum absolute atomic E-state index is 0.0506. The standard InChI is InChI=1S/C21H22N4O3/c26-18-9-5-4-8-17(18)22-21(27)16-10-12-25(13-11-16)14-19-23-20(24-28-19)15-6-2-1-3-7-15/h1-9,16,26H,10-14H2,(H,22,27). The molecule has 2 N–H and O–H groups in total. The molecular weight excluding hydrogens is 356 g/mol. The van der Waals surface area contributed by atoms with Crippen LogP contribution < -0.4 is 5.32 Å². The fourth-order valence-corrected chi connectivity index (χ4v) is 3.38. The molecule has 1 aromatic heterocycles. The van der Waals surface area contributed by atoms with Gasteiger partial charge in [0, 0.05) is 11.5 Å². The number of likely N-dealkylation sites (tertiary alicyclic amines) is 1. The van der Waals surface area contributed by atoms with Gasteiger partial charge in [-0.1, -0.05) is 47.6 Å². The van der Waals surface area contributed by atoms with Crippen LogP contribution in [0.25, 0.3) is 11.4 Å². The summed E-state index contributed by atoms with van der Waals surface area (Å²) >= 11 is 0. The highest BCUT2D eigenvalue weighted by Gasteiger charge is 2.26. The Bertz CT molecular complexity index is 934. The van der Waals surface area contributed by atoms with E-state index >= 15 is 0 Å². The highest BCUT2D eigenvalue weighted by molar-refractivity contribution is 5.93. The van der Waals surface area contributed by atoms with Crippen molar-refractivity contribution in [3.63, 3.8) is 0 Å². The quantitative estimate of drug-likeness (QED) is 0.662. The summed E-state index contributed by atoms with van der Waals surface area (Å²) in [4.78, 5) is 19.1. The molecule has 1 aliphatic rings. The molecule has 1 fully saturated rings. The van der Waals surface area contributed by atoms with Gasteiger partial charge < -0.3 is 14.9 Å². The highest BCUT2D eigenvalue weighted by Crippen LogP contribution is 2.25. The van der Waals surface area contributed by atoms with Crippen molar-refractivity contribution in [2.45, 2.75) is 19.4 Å². The summed E-state index contributed by atoms with van der Waals surface area (Å²) < 4.78 is 5.38. The van der Waals surface area contributed by atoms with Gasteiger partial charge in [0.15, 0.2) is 0 Å². The van der Waals surface area contributed by atoms with Crippen molar-refractivity contribution in [3.05, 3.63) is 60.5 Å². The maximum Gasteiger partial charge on any atom is 0.241 e. The summed E-state index contributed by atoms with van der Waals surface area (Å²) in [6.45, 7) is 2.14. The van der Waals surface area contributed by atoms with Crippen molar-refractivity contribution in [2.24, 2.45) is 5.92 Å². The van der Waals surface area contributed by atoms with E-state index < -0.39 is 0 Å². The molecule has 0 atom stereocenters. The number of nitrogens with zero attached hydrogens (tertiary/aromatic N) is 3. The maximum atomic E-state index is 12.5. The Labute approximate surface area is 163 Å². The van der Waals surface area contributed by atoms with Crippen LogP contribution in [0.3, 0.4) is 0 Å². The minimum atomic E-state index is -0.0709. The third-order valence-electron chi connectivity index (χ3n) is 4.98. The summed E-state index contributed by atoms with van der Waals surface area (Å²) in [5, 5.41) is 16.7. The number of para-hydroxylation sites is 2. The minimum Gasteiger partial charge on any atom is -0.506 e. The average Bonchev–Trinajstić information content (AvgIpc) is 3.19. The first-order valence-corrected chi connectivity index (χ1v) is 9.38. The van der Waals surface area contributed by atoms with Crippen LogP contribution >= 0.6 is 0 Å². The third kappa shape index (κ3) is 4.20. The van der Waals surface area contributed by atoms with Gasteiger partial charge in [-0.3, -0.25) is 9.69 Å². The van der Waals surface area contributed by atoms with Crippen LogP contribution in [0.1, 0.15) is 18.7 Å². The van der Waals surface area contributed by atoms with Crippen molar-refractivity contribution in [1.82, 2.24) is 15.0 Å². The number of piperidine rings is 1. The van der Waals surface area contributed by atoms with Crippen LogP contribution in [-0.2, 0) is 11.3 Å². The molecule has 4 rings (SSSR count). The number of phenolic OH excluding ortho intramolecular Hbond substituents is 1. The van der Waals surface area contributed by atoms with Crippen LogP contribution in [0.4, 0.5) is 5.69 Å². The molecule has 7 heteroatoms. The molecule has 0 radical (unpaired) electrons. The number of amides is 1. The second-order valence-electron chi connectivity index (χ2n) is 6.93. The van der Waals surface area contributed by atoms with Gasteiger partial charge in [0.05, 0.1) is 12.2 Å². The third-order valence-corrected chi connectivity index (χ3v) is 4.98. The number of benzene rings is 2. The number of aromatic hydroxyl groups is 1. The zero-order chi connectivity index (χ0) is 19.3. The Morgan fingerprint density at radius 2 is 1.82 bits per heavy atom. The van der Waals surface area contributed by atoms with Gasteiger partial charge in [-0.05, 0) is 38.1 Å². The smallest absolute Gasteiger partial charge is 0.241 e. The number of nitrogens with one attached hydrogen (secondary N) is 1. The van der Waals surface area contributed by atoms with E-state index in [0.29, 0.717) is 23.9 Å². The zero-order valence-electron chi connectivity index (χ0n) is 15.4. The molecule has 28 heavy (non-hydrogen) atoms. The molecule has 144 valence electrons. The molecular formula is C21H22N4O3. The molecule has 3 aromatic rings. The van der Waals surface area contributed by atoms with E-state index in [1.807, 2.05) is 30.3 Å². The van der Waals surface area contributed by atoms with Gasteiger partial charge >= 0.3 is 0 Å². The number of phenols is 1. The Morgan fingerprint density at radius 1 is 1.11 bits per heavy atom. The number of aromatic nitrogens is 2. The van der Waals surface area contributed by atoms with Crippen molar-refractivity contribution >= 4 is 11.6 Å². The molecule has 1 amide bonds. The van der Waals surface area contributed by atoms with Crippen LogP contribution in [0, 0.1) is 5.92 Å². The Morgan fingerprint density at radius 3 is 2.57 bits per heavy atom. The fraction of sp³-hybridized carbons (Fsp3) is 0.286. The van der Waals surface area contributed by atoms with E-state index in [-0.39, 0.29) is 17.6 Å². The second-order valence-corrected chi connectivity index (χ2v) is 6.93. The Kier molecular flexibility index (Phi) is 5.34. The molecule has 0 spiro atoms. The fourth-order valence-electron chi connectivity index (χ4n) is 3.38. The number of anilines is 1. The van der Waals surface area contributed by atoms with Crippen LogP contribution in [0.5, 0.6) is 5.75 Å². The number of hydrogen-bond acceptors (Lipinski definition) is 6. The molecule has 0 saturated carbocycles. The van der Waals surface area contributed by atoms with Crippen LogP contribution in [0.15, 0.2) is 59.1 Å². The number of carbonyl (C=O) groups excluding carboxylic acids is 1. The van der Waals surface area contributed by atoms with Gasteiger partial charge in [0.1, 0.15) is 5.75 Å². The van der Waals surface area contributed by atoms with Gasteiger partial charge in [0.2, 0.25) is 17.6 Å². The maximum absolute atomic E-state index is 12.5. The van der Waals surface area contributed by atoms with Gasteiger partial charge in [-0.15, -0.1) is 0 Å². The Balaban J connectivity index is 1.29. The largest absolute Gasteiger partial charge is 0.506 e. The van der Waals surface area contributed by atoms with Crippen molar-refractivity contribution < 1.29 is 14.4 Å². The molecule has 2 aromatic carbocycles. The van der Waals surface area contributed by atoms with E-state index in [4.69, 9.17) is 4.52 Å². The highest BCUT2D eigenvalue weighted by atomic mass is 16.5. The van der Waals surface area contributed by atoms with Gasteiger partial charge in [-0.2, -0.15) is 4.98 Å².